The summed E-state index contributed by atoms with van der Waals surface area (Å²) in [6.07, 6.45) is 3.02. The van der Waals surface area contributed by atoms with Crippen molar-refractivity contribution in [2.75, 3.05) is 26.8 Å². The first-order valence-corrected chi connectivity index (χ1v) is 6.15. The Bertz CT molecular complexity index is 412. The Labute approximate surface area is 102 Å². The molecule has 17 heavy (non-hydrogen) atoms. The number of aryl methyl sites for hydroxylation is 1. The molecule has 0 spiro atoms. The smallest absolute Gasteiger partial charge is 0.270 e. The summed E-state index contributed by atoms with van der Waals surface area (Å²) in [4.78, 5) is 13.8. The molecule has 0 bridgehead atoms. The molecule has 0 fully saturated rings. The molecule has 94 valence electrons. The van der Waals surface area contributed by atoms with E-state index in [-0.39, 0.29) is 5.91 Å². The quantitative estimate of drug-likeness (QED) is 0.748. The number of hydrogen-bond acceptors (Lipinski definition) is 2. The molecule has 1 atom stereocenters. The van der Waals surface area contributed by atoms with Crippen molar-refractivity contribution >= 4 is 5.91 Å². The van der Waals surface area contributed by atoms with Crippen molar-refractivity contribution in [1.82, 2.24) is 9.47 Å². The van der Waals surface area contributed by atoms with Gasteiger partial charge in [0.2, 0.25) is 0 Å². The van der Waals surface area contributed by atoms with Gasteiger partial charge in [-0.15, -0.1) is 0 Å². The molecule has 0 saturated carbocycles. The van der Waals surface area contributed by atoms with Crippen LogP contribution in [0.2, 0.25) is 0 Å². The molecule has 0 aliphatic carbocycles. The first-order chi connectivity index (χ1) is 8.13. The second kappa shape index (κ2) is 4.92. The van der Waals surface area contributed by atoms with Crippen LogP contribution < -0.4 is 0 Å². The van der Waals surface area contributed by atoms with E-state index in [0.717, 1.165) is 37.4 Å². The van der Waals surface area contributed by atoms with Gasteiger partial charge in [-0.2, -0.15) is 0 Å². The minimum absolute atomic E-state index is 0.116. The molecule has 0 radical (unpaired) electrons. The Kier molecular flexibility index (Phi) is 3.52. The van der Waals surface area contributed by atoms with Crippen molar-refractivity contribution in [2.24, 2.45) is 0 Å². The van der Waals surface area contributed by atoms with Crippen molar-refractivity contribution in [3.8, 4) is 0 Å². The number of likely N-dealkylation sites (N-methyl/N-ethyl adjacent to an activating group) is 1. The average molecular weight is 236 g/mol. The maximum Gasteiger partial charge on any atom is 0.270 e. The first-order valence-electron chi connectivity index (χ1n) is 6.15. The van der Waals surface area contributed by atoms with E-state index in [4.69, 9.17) is 4.74 Å². The van der Waals surface area contributed by atoms with Gasteiger partial charge in [-0.1, -0.05) is 0 Å². The van der Waals surface area contributed by atoms with Gasteiger partial charge >= 0.3 is 0 Å². The van der Waals surface area contributed by atoms with Crippen molar-refractivity contribution in [3.63, 3.8) is 0 Å². The number of hydrogen-bond donors (Lipinski definition) is 0. The maximum absolute atomic E-state index is 12.0. The van der Waals surface area contributed by atoms with Crippen LogP contribution in [0.4, 0.5) is 0 Å². The van der Waals surface area contributed by atoms with Crippen LogP contribution in [0.3, 0.4) is 0 Å². The molecule has 1 unspecified atom stereocenters. The third-order valence-electron chi connectivity index (χ3n) is 3.23. The van der Waals surface area contributed by atoms with Gasteiger partial charge in [0, 0.05) is 33.0 Å². The van der Waals surface area contributed by atoms with E-state index in [0.29, 0.717) is 6.04 Å². The lowest BCUT2D eigenvalue weighted by Crippen LogP contribution is -2.40. The molecule has 1 aliphatic rings. The number of carbonyl (C=O) groups excluding carboxylic acids is 1. The highest BCUT2D eigenvalue weighted by Gasteiger charge is 2.28. The summed E-state index contributed by atoms with van der Waals surface area (Å²) in [5.74, 6) is 0.116. The molecule has 4 heteroatoms. The largest absolute Gasteiger partial charge is 0.382 e. The summed E-state index contributed by atoms with van der Waals surface area (Å²) in [5, 5.41) is 0. The highest BCUT2D eigenvalue weighted by atomic mass is 16.5. The van der Waals surface area contributed by atoms with Gasteiger partial charge in [0.1, 0.15) is 5.69 Å². The summed E-state index contributed by atoms with van der Waals surface area (Å²) in [6, 6.07) is 2.30. The molecule has 1 aromatic heterocycles. The van der Waals surface area contributed by atoms with Crippen molar-refractivity contribution < 1.29 is 9.53 Å². The van der Waals surface area contributed by atoms with Gasteiger partial charge < -0.3 is 14.2 Å². The zero-order chi connectivity index (χ0) is 12.4. The standard InChI is InChI=1S/C13H20N2O2/c1-4-17-6-5-11-9-14(3)13(16)12-7-10(2)8-15(11)12/h7-8,11H,4-6,9H2,1-3H3. The van der Waals surface area contributed by atoms with Gasteiger partial charge in [-0.25, -0.2) is 0 Å². The number of aromatic nitrogens is 1. The summed E-state index contributed by atoms with van der Waals surface area (Å²) in [5.41, 5.74) is 1.95. The molecule has 0 N–H and O–H groups in total. The predicted molar refractivity (Wildman–Crippen MR) is 66.3 cm³/mol. The lowest BCUT2D eigenvalue weighted by atomic mass is 10.1. The number of amides is 1. The lowest BCUT2D eigenvalue weighted by molar-refractivity contribution is 0.0680. The normalized spacial score (nSPS) is 19.6. The van der Waals surface area contributed by atoms with E-state index in [1.54, 1.807) is 4.90 Å². The molecule has 4 nitrogen and oxygen atoms in total. The number of ether oxygens (including phenoxy) is 1. The molecular formula is C13H20N2O2. The van der Waals surface area contributed by atoms with Crippen LogP contribution in [-0.4, -0.2) is 42.2 Å². The SMILES string of the molecule is CCOCCC1CN(C)C(=O)c2cc(C)cn21. The van der Waals surface area contributed by atoms with Crippen LogP contribution in [-0.2, 0) is 4.74 Å². The Morgan fingerprint density at radius 2 is 2.29 bits per heavy atom. The Hall–Kier alpha value is -1.29. The fraction of sp³-hybridized carbons (Fsp3) is 0.615. The van der Waals surface area contributed by atoms with Crippen LogP contribution in [0.25, 0.3) is 0 Å². The second-order valence-corrected chi connectivity index (χ2v) is 4.64. The van der Waals surface area contributed by atoms with Gasteiger partial charge in [-0.3, -0.25) is 4.79 Å². The molecule has 0 aromatic carbocycles. The number of fused-ring (bicyclic) bond motifs is 1. The van der Waals surface area contributed by atoms with E-state index in [1.807, 2.05) is 27.0 Å². The third-order valence-corrected chi connectivity index (χ3v) is 3.23. The summed E-state index contributed by atoms with van der Waals surface area (Å²) >= 11 is 0. The van der Waals surface area contributed by atoms with Crippen LogP contribution in [0.15, 0.2) is 12.3 Å². The van der Waals surface area contributed by atoms with Crippen molar-refractivity contribution in [3.05, 3.63) is 23.5 Å². The molecule has 2 heterocycles. The van der Waals surface area contributed by atoms with Crippen molar-refractivity contribution in [2.45, 2.75) is 26.3 Å². The topological polar surface area (TPSA) is 34.5 Å². The van der Waals surface area contributed by atoms with Crippen LogP contribution >= 0.6 is 0 Å². The van der Waals surface area contributed by atoms with E-state index in [1.165, 1.54) is 0 Å². The number of rotatable bonds is 4. The van der Waals surface area contributed by atoms with Gasteiger partial charge in [0.25, 0.3) is 5.91 Å². The van der Waals surface area contributed by atoms with E-state index < -0.39 is 0 Å². The first kappa shape index (κ1) is 12.2. The highest BCUT2D eigenvalue weighted by molar-refractivity contribution is 5.93. The van der Waals surface area contributed by atoms with Gasteiger partial charge in [-0.05, 0) is 31.9 Å². The third kappa shape index (κ3) is 2.36. The molecular weight excluding hydrogens is 216 g/mol. The monoisotopic (exact) mass is 236 g/mol. The Balaban J connectivity index is 2.18. The zero-order valence-corrected chi connectivity index (χ0v) is 10.8. The second-order valence-electron chi connectivity index (χ2n) is 4.64. The minimum atomic E-state index is 0.116. The summed E-state index contributed by atoms with van der Waals surface area (Å²) in [6.45, 7) is 6.30. The minimum Gasteiger partial charge on any atom is -0.382 e. The van der Waals surface area contributed by atoms with Crippen LogP contribution in [0.5, 0.6) is 0 Å². The molecule has 1 aliphatic heterocycles. The number of carbonyl (C=O) groups is 1. The van der Waals surface area contributed by atoms with E-state index >= 15 is 0 Å². The lowest BCUT2D eigenvalue weighted by Gasteiger charge is -2.32. The Morgan fingerprint density at radius 1 is 1.53 bits per heavy atom. The fourth-order valence-corrected chi connectivity index (χ4v) is 2.37. The molecule has 1 amide bonds. The molecule has 0 saturated heterocycles. The maximum atomic E-state index is 12.0. The summed E-state index contributed by atoms with van der Waals surface area (Å²) in [7, 11) is 1.86. The van der Waals surface area contributed by atoms with Crippen LogP contribution in [0.1, 0.15) is 35.4 Å². The Morgan fingerprint density at radius 3 is 3.00 bits per heavy atom. The molecule has 1 aromatic rings. The van der Waals surface area contributed by atoms with Gasteiger partial charge in [0.05, 0.1) is 6.04 Å². The fourth-order valence-electron chi connectivity index (χ4n) is 2.37. The number of nitrogens with zero attached hydrogens (tertiary/aromatic N) is 2. The summed E-state index contributed by atoms with van der Waals surface area (Å²) < 4.78 is 7.51. The average Bonchev–Trinajstić information content (AvgIpc) is 2.68. The predicted octanol–water partition coefficient (Wildman–Crippen LogP) is 1.85. The molecule has 2 rings (SSSR count). The van der Waals surface area contributed by atoms with Gasteiger partial charge in [0.15, 0.2) is 0 Å². The zero-order valence-electron chi connectivity index (χ0n) is 10.8. The highest BCUT2D eigenvalue weighted by Crippen LogP contribution is 2.25. The van der Waals surface area contributed by atoms with Crippen LogP contribution in [0, 0.1) is 6.92 Å². The van der Waals surface area contributed by atoms with E-state index in [2.05, 4.69) is 10.8 Å². The van der Waals surface area contributed by atoms with E-state index in [9.17, 15) is 4.79 Å². The van der Waals surface area contributed by atoms with Crippen molar-refractivity contribution in [1.29, 1.82) is 0 Å².